The molecule has 1 fully saturated rings. The smallest absolute Gasteiger partial charge is 0.165 e. The number of hydrogen-bond donors (Lipinski definition) is 2. The highest BCUT2D eigenvalue weighted by atomic mass is 32.1. The van der Waals surface area contributed by atoms with Crippen molar-refractivity contribution in [2.24, 2.45) is 5.92 Å². The third-order valence-electron chi connectivity index (χ3n) is 5.12. The number of fused-ring (bicyclic) bond motifs is 2. The Morgan fingerprint density at radius 3 is 3.15 bits per heavy atom. The molecule has 2 N–H and O–H groups in total. The van der Waals surface area contributed by atoms with E-state index < -0.39 is 0 Å². The molecule has 6 nitrogen and oxygen atoms in total. The number of aromatic amines is 1. The molecule has 5 heterocycles. The van der Waals surface area contributed by atoms with E-state index in [9.17, 15) is 9.50 Å². The van der Waals surface area contributed by atoms with Gasteiger partial charge < -0.3 is 15.0 Å². The Kier molecular flexibility index (Phi) is 4.02. The lowest BCUT2D eigenvalue weighted by atomic mass is 9.99. The van der Waals surface area contributed by atoms with E-state index in [0.29, 0.717) is 16.9 Å². The molecular weight excluding hydrogens is 365 g/mol. The van der Waals surface area contributed by atoms with Crippen molar-refractivity contribution in [3.05, 3.63) is 35.7 Å². The van der Waals surface area contributed by atoms with Crippen LogP contribution in [0.4, 0.5) is 10.2 Å². The zero-order valence-electron chi connectivity index (χ0n) is 14.5. The summed E-state index contributed by atoms with van der Waals surface area (Å²) in [5.74, 6) is 1.32. The van der Waals surface area contributed by atoms with Crippen molar-refractivity contribution in [3.8, 4) is 11.4 Å². The molecule has 5 rings (SSSR count). The van der Waals surface area contributed by atoms with Crippen molar-refractivity contribution in [1.29, 1.82) is 0 Å². The maximum absolute atomic E-state index is 13.7. The second-order valence-electron chi connectivity index (χ2n) is 6.90. The van der Waals surface area contributed by atoms with E-state index in [0.717, 1.165) is 47.5 Å². The van der Waals surface area contributed by atoms with Crippen LogP contribution in [0.2, 0.25) is 0 Å². The van der Waals surface area contributed by atoms with Crippen molar-refractivity contribution >= 4 is 38.4 Å². The largest absolute Gasteiger partial charge is 0.396 e. The number of piperidine rings is 1. The fourth-order valence-electron chi connectivity index (χ4n) is 3.77. The van der Waals surface area contributed by atoms with Crippen LogP contribution in [0.25, 0.3) is 32.6 Å². The van der Waals surface area contributed by atoms with E-state index in [1.54, 1.807) is 17.5 Å². The van der Waals surface area contributed by atoms with Gasteiger partial charge in [0.2, 0.25) is 0 Å². The molecule has 4 aromatic heterocycles. The average Bonchev–Trinajstić information content (AvgIpc) is 3.33. The molecule has 1 unspecified atom stereocenters. The molecule has 0 bridgehead atoms. The molecule has 0 spiro atoms. The summed E-state index contributed by atoms with van der Waals surface area (Å²) in [5.41, 5.74) is 1.35. The Hall–Kier alpha value is -2.58. The number of rotatable bonds is 3. The first-order valence-corrected chi connectivity index (χ1v) is 9.85. The molecule has 1 atom stereocenters. The lowest BCUT2D eigenvalue weighted by Crippen LogP contribution is -2.37. The Morgan fingerprint density at radius 2 is 2.26 bits per heavy atom. The number of aromatic nitrogens is 4. The molecule has 1 saturated heterocycles. The summed E-state index contributed by atoms with van der Waals surface area (Å²) in [6.07, 6.45) is 5.03. The first kappa shape index (κ1) is 16.6. The summed E-state index contributed by atoms with van der Waals surface area (Å²) < 4.78 is 13.7. The van der Waals surface area contributed by atoms with Crippen LogP contribution in [-0.4, -0.2) is 44.7 Å². The third-order valence-corrected chi connectivity index (χ3v) is 5.93. The second kappa shape index (κ2) is 6.54. The van der Waals surface area contributed by atoms with Crippen LogP contribution in [-0.2, 0) is 0 Å². The molecule has 8 heteroatoms. The van der Waals surface area contributed by atoms with Crippen LogP contribution in [0.3, 0.4) is 0 Å². The number of anilines is 1. The minimum atomic E-state index is -0.386. The van der Waals surface area contributed by atoms with Crippen molar-refractivity contribution < 1.29 is 9.50 Å². The summed E-state index contributed by atoms with van der Waals surface area (Å²) in [6.45, 7) is 1.87. The fourth-order valence-corrected chi connectivity index (χ4v) is 4.53. The topological polar surface area (TPSA) is 77.9 Å². The molecule has 0 amide bonds. The number of halogens is 1. The van der Waals surface area contributed by atoms with Crippen LogP contribution >= 0.6 is 11.3 Å². The average molecular weight is 383 g/mol. The van der Waals surface area contributed by atoms with Crippen LogP contribution in [0, 0.1) is 11.7 Å². The van der Waals surface area contributed by atoms with Crippen molar-refractivity contribution in [2.75, 3.05) is 24.6 Å². The van der Waals surface area contributed by atoms with E-state index in [-0.39, 0.29) is 18.3 Å². The number of nitrogens with one attached hydrogen (secondary N) is 1. The molecule has 27 heavy (non-hydrogen) atoms. The molecular formula is C19H18FN5OS. The first-order chi connectivity index (χ1) is 13.2. The predicted molar refractivity (Wildman–Crippen MR) is 104 cm³/mol. The minimum absolute atomic E-state index is 0.189. The predicted octanol–water partition coefficient (Wildman–Crippen LogP) is 3.58. The number of H-pyrrole nitrogens is 1. The molecule has 1 aliphatic rings. The van der Waals surface area contributed by atoms with Gasteiger partial charge in [0.25, 0.3) is 0 Å². The number of thiophene rings is 1. The van der Waals surface area contributed by atoms with Crippen molar-refractivity contribution in [2.45, 2.75) is 12.8 Å². The third kappa shape index (κ3) is 2.85. The van der Waals surface area contributed by atoms with E-state index in [4.69, 9.17) is 9.97 Å². The van der Waals surface area contributed by atoms with Gasteiger partial charge in [-0.05, 0) is 36.3 Å². The fraction of sp³-hybridized carbons (Fsp3) is 0.316. The lowest BCUT2D eigenvalue weighted by molar-refractivity contribution is 0.208. The molecule has 4 aromatic rings. The van der Waals surface area contributed by atoms with E-state index in [1.807, 2.05) is 11.4 Å². The number of aliphatic hydroxyl groups is 1. The van der Waals surface area contributed by atoms with Crippen molar-refractivity contribution in [1.82, 2.24) is 19.9 Å². The van der Waals surface area contributed by atoms with Gasteiger partial charge in [-0.15, -0.1) is 11.3 Å². The normalized spacial score (nSPS) is 17.9. The molecule has 0 radical (unpaired) electrons. The quantitative estimate of drug-likeness (QED) is 0.565. The SMILES string of the molecule is OCC1CCCN(c2nc(-c3c[nH]c4ncc(F)cc34)nc3sccc23)C1. The second-order valence-corrected chi connectivity index (χ2v) is 7.79. The molecule has 0 aliphatic carbocycles. The number of hydrogen-bond acceptors (Lipinski definition) is 6. The Balaban J connectivity index is 1.66. The van der Waals surface area contributed by atoms with Gasteiger partial charge >= 0.3 is 0 Å². The van der Waals surface area contributed by atoms with Crippen LogP contribution in [0.5, 0.6) is 0 Å². The highest BCUT2D eigenvalue weighted by Crippen LogP contribution is 2.34. The van der Waals surface area contributed by atoms with Crippen molar-refractivity contribution in [3.63, 3.8) is 0 Å². The summed E-state index contributed by atoms with van der Waals surface area (Å²) in [4.78, 5) is 19.9. The van der Waals surface area contributed by atoms with Gasteiger partial charge in [0.1, 0.15) is 22.1 Å². The number of pyridine rings is 1. The van der Waals surface area contributed by atoms with Crippen LogP contribution < -0.4 is 4.90 Å². The van der Waals surface area contributed by atoms with E-state index >= 15 is 0 Å². The van der Waals surface area contributed by atoms with Gasteiger partial charge in [-0.1, -0.05) is 0 Å². The van der Waals surface area contributed by atoms with Crippen LogP contribution in [0.1, 0.15) is 12.8 Å². The van der Waals surface area contributed by atoms with Gasteiger partial charge in [0, 0.05) is 36.8 Å². The molecule has 1 aliphatic heterocycles. The minimum Gasteiger partial charge on any atom is -0.396 e. The zero-order valence-corrected chi connectivity index (χ0v) is 15.3. The van der Waals surface area contributed by atoms with Gasteiger partial charge in [0.05, 0.1) is 11.6 Å². The Bertz CT molecular complexity index is 1120. The maximum Gasteiger partial charge on any atom is 0.165 e. The lowest BCUT2D eigenvalue weighted by Gasteiger charge is -2.33. The number of aliphatic hydroxyl groups excluding tert-OH is 1. The molecule has 138 valence electrons. The standard InChI is InChI=1S/C19H18FN5OS/c20-12-6-14-15(8-22-16(14)21-7-12)17-23-18(13-3-5-27-19(13)24-17)25-4-1-2-11(9-25)10-26/h3,5-8,11,26H,1-2,4,9-10H2,(H,21,22). The van der Waals surface area contributed by atoms with Crippen LogP contribution in [0.15, 0.2) is 29.9 Å². The van der Waals surface area contributed by atoms with Gasteiger partial charge in [-0.3, -0.25) is 0 Å². The zero-order chi connectivity index (χ0) is 18.4. The van der Waals surface area contributed by atoms with E-state index in [2.05, 4.69) is 14.9 Å². The monoisotopic (exact) mass is 383 g/mol. The Morgan fingerprint density at radius 1 is 1.33 bits per heavy atom. The summed E-state index contributed by atoms with van der Waals surface area (Å²) in [5, 5.41) is 13.3. The first-order valence-electron chi connectivity index (χ1n) is 8.97. The van der Waals surface area contributed by atoms with Gasteiger partial charge in [0.15, 0.2) is 5.82 Å². The Labute approximate surface area is 158 Å². The van der Waals surface area contributed by atoms with Gasteiger partial charge in [-0.2, -0.15) is 0 Å². The summed E-state index contributed by atoms with van der Waals surface area (Å²) in [6, 6.07) is 3.50. The summed E-state index contributed by atoms with van der Waals surface area (Å²) in [7, 11) is 0. The highest BCUT2D eigenvalue weighted by Gasteiger charge is 2.24. The highest BCUT2D eigenvalue weighted by molar-refractivity contribution is 7.16. The van der Waals surface area contributed by atoms with E-state index in [1.165, 1.54) is 12.3 Å². The number of nitrogens with zero attached hydrogens (tertiary/aromatic N) is 4. The maximum atomic E-state index is 13.7. The molecule has 0 aromatic carbocycles. The van der Waals surface area contributed by atoms with Gasteiger partial charge in [-0.25, -0.2) is 19.3 Å². The summed E-state index contributed by atoms with van der Waals surface area (Å²) >= 11 is 1.56. The molecule has 0 saturated carbocycles.